The predicted molar refractivity (Wildman–Crippen MR) is 93.4 cm³/mol. The van der Waals surface area contributed by atoms with Crippen LogP contribution in [0.5, 0.6) is 0 Å². The lowest BCUT2D eigenvalue weighted by Gasteiger charge is -2.32. The van der Waals surface area contributed by atoms with Gasteiger partial charge in [-0.05, 0) is 23.6 Å². The lowest BCUT2D eigenvalue weighted by molar-refractivity contribution is -0.149. The van der Waals surface area contributed by atoms with Gasteiger partial charge in [-0.1, -0.05) is 68.0 Å². The topological polar surface area (TPSA) is 66.8 Å². The van der Waals surface area contributed by atoms with Gasteiger partial charge in [-0.25, -0.2) is 0 Å². The quantitative estimate of drug-likeness (QED) is 0.766. The minimum Gasteiger partial charge on any atom is -0.481 e. The highest BCUT2D eigenvalue weighted by atomic mass is 16.5. The summed E-state index contributed by atoms with van der Waals surface area (Å²) in [4.78, 5) is 11.5. The first-order valence-corrected chi connectivity index (χ1v) is 8.19. The van der Waals surface area contributed by atoms with Crippen LogP contribution in [0.1, 0.15) is 25.3 Å². The van der Waals surface area contributed by atoms with E-state index in [-0.39, 0.29) is 6.61 Å². The third kappa shape index (κ3) is 4.91. The number of aliphatic carboxylic acids is 1. The van der Waals surface area contributed by atoms with Crippen molar-refractivity contribution in [3.63, 3.8) is 0 Å². The van der Waals surface area contributed by atoms with E-state index < -0.39 is 17.5 Å². The molecule has 1 aliphatic carbocycles. The van der Waals surface area contributed by atoms with Crippen molar-refractivity contribution in [1.82, 2.24) is 0 Å². The highest BCUT2D eigenvalue weighted by Gasteiger charge is 2.40. The summed E-state index contributed by atoms with van der Waals surface area (Å²) in [5, 5.41) is 20.2. The molecule has 2 atom stereocenters. The van der Waals surface area contributed by atoms with Gasteiger partial charge in [-0.3, -0.25) is 4.79 Å². The summed E-state index contributed by atoms with van der Waals surface area (Å²) < 4.78 is 5.60. The molecule has 0 aromatic heterocycles. The minimum absolute atomic E-state index is 0.0751. The molecule has 1 aromatic rings. The molecule has 1 aliphatic rings. The number of allylic oxidation sites excluding steroid dienone is 4. The SMILES string of the molecule is CCCC=CC1=C[C@](O)(COCc2ccccc2)C(C(=O)O)C=C1. The smallest absolute Gasteiger partial charge is 0.313 e. The van der Waals surface area contributed by atoms with E-state index in [0.29, 0.717) is 6.61 Å². The summed E-state index contributed by atoms with van der Waals surface area (Å²) >= 11 is 0. The van der Waals surface area contributed by atoms with Crippen LogP contribution in [0.15, 0.2) is 66.3 Å². The van der Waals surface area contributed by atoms with E-state index in [2.05, 4.69) is 6.92 Å². The van der Waals surface area contributed by atoms with Crippen molar-refractivity contribution in [2.75, 3.05) is 6.61 Å². The van der Waals surface area contributed by atoms with Crippen LogP contribution >= 0.6 is 0 Å². The molecule has 2 rings (SSSR count). The van der Waals surface area contributed by atoms with Gasteiger partial charge in [-0.15, -0.1) is 0 Å². The van der Waals surface area contributed by atoms with Gasteiger partial charge in [0, 0.05) is 0 Å². The second kappa shape index (κ2) is 8.62. The van der Waals surface area contributed by atoms with Crippen LogP contribution in [0.3, 0.4) is 0 Å². The van der Waals surface area contributed by atoms with Gasteiger partial charge in [-0.2, -0.15) is 0 Å². The normalized spacial score (nSPS) is 23.4. The number of unbranched alkanes of at least 4 members (excludes halogenated alkanes) is 1. The van der Waals surface area contributed by atoms with Crippen molar-refractivity contribution in [3.05, 3.63) is 71.8 Å². The molecule has 0 bridgehead atoms. The van der Waals surface area contributed by atoms with Crippen LogP contribution in [0.25, 0.3) is 0 Å². The van der Waals surface area contributed by atoms with Crippen LogP contribution in [0, 0.1) is 5.92 Å². The van der Waals surface area contributed by atoms with Crippen LogP contribution in [0.4, 0.5) is 0 Å². The zero-order chi connectivity index (χ0) is 17.4. The van der Waals surface area contributed by atoms with Crippen molar-refractivity contribution in [2.45, 2.75) is 32.0 Å². The fraction of sp³-hybridized carbons (Fsp3) is 0.350. The van der Waals surface area contributed by atoms with Gasteiger partial charge >= 0.3 is 5.97 Å². The molecule has 2 N–H and O–H groups in total. The zero-order valence-electron chi connectivity index (χ0n) is 13.9. The lowest BCUT2D eigenvalue weighted by Crippen LogP contribution is -2.45. The number of hydrogen-bond donors (Lipinski definition) is 2. The van der Waals surface area contributed by atoms with E-state index in [0.717, 1.165) is 24.0 Å². The monoisotopic (exact) mass is 328 g/mol. The highest BCUT2D eigenvalue weighted by molar-refractivity contribution is 5.75. The predicted octanol–water partition coefficient (Wildman–Crippen LogP) is 3.49. The number of carboxylic acid groups (broad SMARTS) is 1. The Morgan fingerprint density at radius 1 is 1.33 bits per heavy atom. The fourth-order valence-electron chi connectivity index (χ4n) is 2.62. The Morgan fingerprint density at radius 2 is 2.08 bits per heavy atom. The van der Waals surface area contributed by atoms with E-state index >= 15 is 0 Å². The van der Waals surface area contributed by atoms with Crippen molar-refractivity contribution in [1.29, 1.82) is 0 Å². The highest BCUT2D eigenvalue weighted by Crippen LogP contribution is 2.29. The molecule has 0 heterocycles. The summed E-state index contributed by atoms with van der Waals surface area (Å²) in [7, 11) is 0. The standard InChI is InChI=1S/C20H24O4/c1-2-3-5-8-16-11-12-18(19(21)22)20(23,13-16)15-24-14-17-9-6-4-7-10-17/h4-13,18,23H,2-3,14-15H2,1H3,(H,21,22)/t18?,20-/m0/s1. The summed E-state index contributed by atoms with van der Waals surface area (Å²) in [6.07, 6.45) is 10.7. The Kier molecular flexibility index (Phi) is 6.53. The molecule has 0 amide bonds. The Morgan fingerprint density at radius 3 is 2.75 bits per heavy atom. The maximum absolute atomic E-state index is 11.5. The molecule has 0 saturated heterocycles. The van der Waals surface area contributed by atoms with Crippen LogP contribution in [-0.4, -0.2) is 28.4 Å². The van der Waals surface area contributed by atoms with Crippen molar-refractivity contribution in [3.8, 4) is 0 Å². The van der Waals surface area contributed by atoms with Crippen LogP contribution in [-0.2, 0) is 16.1 Å². The molecule has 0 spiro atoms. The maximum Gasteiger partial charge on any atom is 0.313 e. The third-order valence-electron chi connectivity index (χ3n) is 3.91. The van der Waals surface area contributed by atoms with E-state index in [1.54, 1.807) is 12.2 Å². The maximum atomic E-state index is 11.5. The molecule has 128 valence electrons. The Balaban J connectivity index is 2.07. The van der Waals surface area contributed by atoms with Crippen LogP contribution in [0.2, 0.25) is 0 Å². The Labute approximate surface area is 142 Å². The molecule has 0 aliphatic heterocycles. The number of carbonyl (C=O) groups is 1. The average Bonchev–Trinajstić information content (AvgIpc) is 2.55. The van der Waals surface area contributed by atoms with Gasteiger partial charge in [0.25, 0.3) is 0 Å². The summed E-state index contributed by atoms with van der Waals surface area (Å²) in [6, 6.07) is 9.59. The molecule has 0 radical (unpaired) electrons. The summed E-state index contributed by atoms with van der Waals surface area (Å²) in [5.41, 5.74) is 0.222. The molecular formula is C20H24O4. The number of carboxylic acids is 1. The largest absolute Gasteiger partial charge is 0.481 e. The number of rotatable bonds is 8. The molecule has 4 nitrogen and oxygen atoms in total. The Bertz CT molecular complexity index is 630. The van der Waals surface area contributed by atoms with Gasteiger partial charge in [0.15, 0.2) is 0 Å². The number of benzene rings is 1. The molecule has 0 fully saturated rings. The van der Waals surface area contributed by atoms with Crippen molar-refractivity contribution in [2.24, 2.45) is 5.92 Å². The van der Waals surface area contributed by atoms with Gasteiger partial charge in [0.05, 0.1) is 13.2 Å². The molecule has 1 aromatic carbocycles. The molecule has 0 saturated carbocycles. The van der Waals surface area contributed by atoms with E-state index in [1.165, 1.54) is 6.08 Å². The molecule has 4 heteroatoms. The average molecular weight is 328 g/mol. The zero-order valence-corrected chi connectivity index (χ0v) is 13.9. The number of hydrogen-bond acceptors (Lipinski definition) is 3. The number of ether oxygens (including phenoxy) is 1. The second-order valence-corrected chi connectivity index (χ2v) is 5.98. The van der Waals surface area contributed by atoms with Crippen molar-refractivity contribution >= 4 is 5.97 Å². The summed E-state index contributed by atoms with van der Waals surface area (Å²) in [5.74, 6) is -2.08. The minimum atomic E-state index is -1.55. The summed E-state index contributed by atoms with van der Waals surface area (Å²) in [6.45, 7) is 2.34. The number of aliphatic hydroxyl groups is 1. The fourth-order valence-corrected chi connectivity index (χ4v) is 2.62. The van der Waals surface area contributed by atoms with E-state index in [9.17, 15) is 15.0 Å². The molecule has 1 unspecified atom stereocenters. The van der Waals surface area contributed by atoms with Crippen LogP contribution < -0.4 is 0 Å². The van der Waals surface area contributed by atoms with E-state index in [1.807, 2.05) is 42.5 Å². The van der Waals surface area contributed by atoms with E-state index in [4.69, 9.17) is 4.74 Å². The molecule has 24 heavy (non-hydrogen) atoms. The lowest BCUT2D eigenvalue weighted by atomic mass is 9.82. The van der Waals surface area contributed by atoms with Gasteiger partial charge in [0.2, 0.25) is 0 Å². The van der Waals surface area contributed by atoms with Gasteiger partial charge < -0.3 is 14.9 Å². The first-order chi connectivity index (χ1) is 11.5. The second-order valence-electron chi connectivity index (χ2n) is 5.98. The first-order valence-electron chi connectivity index (χ1n) is 8.19. The Hall–Kier alpha value is -2.17. The first kappa shape index (κ1) is 18.2. The molecular weight excluding hydrogens is 304 g/mol. The van der Waals surface area contributed by atoms with Gasteiger partial charge in [0.1, 0.15) is 11.5 Å². The van der Waals surface area contributed by atoms with Crippen molar-refractivity contribution < 1.29 is 19.7 Å². The third-order valence-corrected chi connectivity index (χ3v) is 3.91.